The van der Waals surface area contributed by atoms with Crippen LogP contribution in [0.5, 0.6) is 0 Å². The molecule has 0 unspecified atom stereocenters. The average molecular weight is 805 g/mol. The molecule has 4 heterocycles. The van der Waals surface area contributed by atoms with Crippen LogP contribution in [-0.2, 0) is 34.7 Å². The number of hydrogen-bond donors (Lipinski definition) is 3. The molecule has 56 heavy (non-hydrogen) atoms. The molecule has 11 nitrogen and oxygen atoms in total. The summed E-state index contributed by atoms with van der Waals surface area (Å²) in [5.41, 5.74) is 2.09. The topological polar surface area (TPSA) is 148 Å². The second kappa shape index (κ2) is 13.5. The molecule has 2 aliphatic carbocycles. The van der Waals surface area contributed by atoms with Gasteiger partial charge >= 0.3 is 6.18 Å². The van der Waals surface area contributed by atoms with Gasteiger partial charge in [0.05, 0.1) is 28.5 Å². The maximum absolute atomic E-state index is 15.6. The van der Waals surface area contributed by atoms with Crippen molar-refractivity contribution >= 4 is 44.5 Å². The largest absolute Gasteiger partial charge is 0.435 e. The lowest BCUT2D eigenvalue weighted by Gasteiger charge is -2.34. The lowest BCUT2D eigenvalue weighted by Crippen LogP contribution is -2.47. The van der Waals surface area contributed by atoms with Gasteiger partial charge in [0, 0.05) is 36.2 Å². The molecule has 4 N–H and O–H groups in total. The summed E-state index contributed by atoms with van der Waals surface area (Å²) >= 11 is 1.14. The van der Waals surface area contributed by atoms with Gasteiger partial charge < -0.3 is 21.3 Å². The van der Waals surface area contributed by atoms with E-state index < -0.39 is 94.7 Å². The molecule has 2 fully saturated rings. The molecule has 3 atom stereocenters. The SMILES string of the molecule is NC(=O)c1cc(-c2cc3sc(N4CCNC(=O)C4)nc3nc2[C@H](Cc2cc(F)cc(F)c2)NC(=O)Cn2nc(C(F)(F)F)c3c2C(F)(F)[C@@H]2CC[C@H]32)ccc1F. The van der Waals surface area contributed by atoms with Crippen molar-refractivity contribution in [3.8, 4) is 11.1 Å². The molecule has 20 heteroatoms. The number of rotatable bonds is 9. The standard InChI is InChI=1S/C36H28F8N8O3S/c37-17-7-15(8-18(38)11-17)9-24(47-27(54)14-52-31-28(30(50-52)36(42,43)44)19-2-3-22(19)35(31,40)41)29-20(16-1-4-23(39)21(10-16)32(45)55)12-25-33(48-29)49-34(56-25)51-6-5-46-26(53)13-51/h1,4,7-8,10-12,19,22,24H,2-3,5-6,9,13-14H2,(H2,45,55)(H,46,53)(H,47,54)/t19-,22+,24-/m0/s1. The first-order valence-electron chi connectivity index (χ1n) is 17.2. The van der Waals surface area contributed by atoms with E-state index in [-0.39, 0.29) is 53.3 Å². The van der Waals surface area contributed by atoms with Crippen molar-refractivity contribution in [3.63, 3.8) is 0 Å². The summed E-state index contributed by atoms with van der Waals surface area (Å²) in [6, 6.07) is 6.08. The van der Waals surface area contributed by atoms with Crippen LogP contribution < -0.4 is 21.3 Å². The van der Waals surface area contributed by atoms with E-state index in [2.05, 4.69) is 20.7 Å². The minimum absolute atomic E-state index is 0.0107. The van der Waals surface area contributed by atoms with E-state index in [0.717, 1.165) is 35.6 Å². The van der Waals surface area contributed by atoms with Crippen LogP contribution in [0.4, 0.5) is 40.3 Å². The molecule has 0 radical (unpaired) electrons. The molecule has 0 bridgehead atoms. The molecule has 3 amide bonds. The van der Waals surface area contributed by atoms with Gasteiger partial charge in [0.15, 0.2) is 16.5 Å². The monoisotopic (exact) mass is 804 g/mol. The van der Waals surface area contributed by atoms with Gasteiger partial charge in [-0.05, 0) is 66.6 Å². The van der Waals surface area contributed by atoms with Crippen LogP contribution >= 0.6 is 11.3 Å². The number of alkyl halides is 5. The van der Waals surface area contributed by atoms with Crippen molar-refractivity contribution in [1.29, 1.82) is 0 Å². The number of amides is 3. The summed E-state index contributed by atoms with van der Waals surface area (Å²) < 4.78 is 118. The third-order valence-electron chi connectivity index (χ3n) is 10.3. The zero-order chi connectivity index (χ0) is 39.8. The fourth-order valence-corrected chi connectivity index (χ4v) is 8.67. The third-order valence-corrected chi connectivity index (χ3v) is 11.3. The Kier molecular flexibility index (Phi) is 9.00. The number of nitrogens with two attached hydrogens (primary N) is 1. The number of pyridine rings is 1. The lowest BCUT2D eigenvalue weighted by molar-refractivity contribution is -0.144. The summed E-state index contributed by atoms with van der Waals surface area (Å²) in [6.45, 7) is -0.376. The smallest absolute Gasteiger partial charge is 0.366 e. The normalized spacial score (nSPS) is 19.3. The number of aromatic nitrogens is 4. The van der Waals surface area contributed by atoms with Gasteiger partial charge in [-0.2, -0.15) is 32.0 Å². The number of carbonyl (C=O) groups is 3. The molecule has 8 rings (SSSR count). The Morgan fingerprint density at radius 3 is 2.46 bits per heavy atom. The Morgan fingerprint density at radius 1 is 1.05 bits per heavy atom. The van der Waals surface area contributed by atoms with Crippen molar-refractivity contribution in [2.24, 2.45) is 11.7 Å². The minimum atomic E-state index is -5.09. The van der Waals surface area contributed by atoms with Crippen molar-refractivity contribution in [2.75, 3.05) is 24.5 Å². The zero-order valence-electron chi connectivity index (χ0n) is 28.7. The summed E-state index contributed by atoms with van der Waals surface area (Å²) in [5.74, 6) is -11.5. The third kappa shape index (κ3) is 6.58. The summed E-state index contributed by atoms with van der Waals surface area (Å²) in [4.78, 5) is 49.1. The molecule has 0 spiro atoms. The van der Waals surface area contributed by atoms with Crippen LogP contribution in [-0.4, -0.2) is 57.1 Å². The quantitative estimate of drug-likeness (QED) is 0.162. The number of nitrogens with one attached hydrogen (secondary N) is 2. The number of primary amides is 1. The molecular weight excluding hydrogens is 777 g/mol. The second-order valence-corrected chi connectivity index (χ2v) is 14.9. The molecule has 2 aromatic carbocycles. The number of benzene rings is 2. The van der Waals surface area contributed by atoms with E-state index in [1.54, 1.807) is 11.0 Å². The number of fused-ring (bicyclic) bond motifs is 4. The van der Waals surface area contributed by atoms with E-state index in [1.165, 1.54) is 6.07 Å². The van der Waals surface area contributed by atoms with Gasteiger partial charge in [0.2, 0.25) is 11.8 Å². The molecule has 1 saturated heterocycles. The number of nitrogens with zero attached hydrogens (tertiary/aromatic N) is 5. The highest BCUT2D eigenvalue weighted by Gasteiger charge is 2.63. The highest BCUT2D eigenvalue weighted by atomic mass is 32.1. The van der Waals surface area contributed by atoms with Crippen LogP contribution in [0.3, 0.4) is 0 Å². The molecule has 3 aromatic heterocycles. The first-order chi connectivity index (χ1) is 26.5. The molecule has 3 aliphatic rings. The van der Waals surface area contributed by atoms with Crippen molar-refractivity contribution in [1.82, 2.24) is 30.4 Å². The maximum Gasteiger partial charge on any atom is 0.435 e. The van der Waals surface area contributed by atoms with E-state index in [0.29, 0.717) is 33.7 Å². The Labute approximate surface area is 314 Å². The molecule has 1 aliphatic heterocycles. The Bertz CT molecular complexity index is 2430. The molecule has 1 saturated carbocycles. The maximum atomic E-state index is 15.6. The fourth-order valence-electron chi connectivity index (χ4n) is 7.70. The number of anilines is 1. The van der Waals surface area contributed by atoms with Gasteiger partial charge in [0.25, 0.3) is 11.8 Å². The van der Waals surface area contributed by atoms with Gasteiger partial charge in [-0.3, -0.25) is 19.1 Å². The van der Waals surface area contributed by atoms with E-state index in [9.17, 15) is 40.7 Å². The van der Waals surface area contributed by atoms with Crippen molar-refractivity contribution < 1.29 is 49.5 Å². The van der Waals surface area contributed by atoms with Gasteiger partial charge in [-0.1, -0.05) is 17.4 Å². The van der Waals surface area contributed by atoms with Gasteiger partial charge in [-0.25, -0.2) is 18.2 Å². The lowest BCUT2D eigenvalue weighted by atomic mass is 9.73. The first kappa shape index (κ1) is 37.3. The van der Waals surface area contributed by atoms with Crippen LogP contribution in [0, 0.1) is 23.4 Å². The number of carbonyl (C=O) groups excluding carboxylic acids is 3. The Hall–Kier alpha value is -5.66. The van der Waals surface area contributed by atoms with Crippen molar-refractivity contribution in [3.05, 3.63) is 93.7 Å². The van der Waals surface area contributed by atoms with Crippen LogP contribution in [0.1, 0.15) is 63.4 Å². The Morgan fingerprint density at radius 2 is 1.80 bits per heavy atom. The highest BCUT2D eigenvalue weighted by molar-refractivity contribution is 7.22. The Balaban J connectivity index is 1.25. The minimum Gasteiger partial charge on any atom is -0.366 e. The van der Waals surface area contributed by atoms with Crippen LogP contribution in [0.15, 0.2) is 42.5 Å². The molecule has 5 aromatic rings. The number of hydrogen-bond acceptors (Lipinski definition) is 8. The zero-order valence-corrected chi connectivity index (χ0v) is 29.5. The average Bonchev–Trinajstić information content (AvgIpc) is 3.72. The van der Waals surface area contributed by atoms with Crippen LogP contribution in [0.2, 0.25) is 0 Å². The van der Waals surface area contributed by atoms with Gasteiger partial charge in [0.1, 0.15) is 29.7 Å². The molecular formula is C36H28F8N8O3S. The van der Waals surface area contributed by atoms with E-state index in [1.807, 2.05) is 0 Å². The van der Waals surface area contributed by atoms with Crippen molar-refractivity contribution in [2.45, 2.75) is 49.9 Å². The predicted molar refractivity (Wildman–Crippen MR) is 184 cm³/mol. The number of thiazole rings is 1. The number of piperazine rings is 1. The highest BCUT2D eigenvalue weighted by Crippen LogP contribution is 2.64. The van der Waals surface area contributed by atoms with Crippen LogP contribution in [0.25, 0.3) is 21.5 Å². The van der Waals surface area contributed by atoms with E-state index in [4.69, 9.17) is 10.7 Å². The number of halogens is 8. The summed E-state index contributed by atoms with van der Waals surface area (Å²) in [5, 5.41) is 9.13. The summed E-state index contributed by atoms with van der Waals surface area (Å²) in [6.07, 6.45) is -5.41. The van der Waals surface area contributed by atoms with Gasteiger partial charge in [-0.15, -0.1) is 0 Å². The predicted octanol–water partition coefficient (Wildman–Crippen LogP) is 5.73. The fraction of sp³-hybridized carbons (Fsp3) is 0.333. The first-order valence-corrected chi connectivity index (χ1v) is 18.0. The van der Waals surface area contributed by atoms with E-state index >= 15 is 8.78 Å². The molecule has 292 valence electrons. The second-order valence-electron chi connectivity index (χ2n) is 13.9. The summed E-state index contributed by atoms with van der Waals surface area (Å²) in [7, 11) is 0.